The average molecular weight is 399 g/mol. The lowest BCUT2D eigenvalue weighted by Crippen LogP contribution is -2.30. The first-order chi connectivity index (χ1) is 14.1. The number of hydrogen-bond donors (Lipinski definition) is 0. The SMILES string of the molecule is C/C=C/COc1ccc2cc(C3CCC4CC(CC)CCC4C3)cc(F)c2c1F. The molecule has 0 bridgehead atoms. The van der Waals surface area contributed by atoms with Crippen LogP contribution in [0.5, 0.6) is 5.75 Å². The predicted molar refractivity (Wildman–Crippen MR) is 115 cm³/mol. The fourth-order valence-corrected chi connectivity index (χ4v) is 5.62. The van der Waals surface area contributed by atoms with Gasteiger partial charge in [-0.15, -0.1) is 0 Å². The predicted octanol–water partition coefficient (Wildman–Crippen LogP) is 7.78. The van der Waals surface area contributed by atoms with E-state index in [2.05, 4.69) is 6.92 Å². The summed E-state index contributed by atoms with van der Waals surface area (Å²) >= 11 is 0. The van der Waals surface area contributed by atoms with Gasteiger partial charge in [-0.3, -0.25) is 0 Å². The molecule has 4 atom stereocenters. The summed E-state index contributed by atoms with van der Waals surface area (Å²) in [5, 5.41) is 0.677. The highest BCUT2D eigenvalue weighted by molar-refractivity contribution is 5.86. The molecule has 3 heteroatoms. The van der Waals surface area contributed by atoms with Gasteiger partial charge in [0.15, 0.2) is 11.6 Å². The number of benzene rings is 2. The van der Waals surface area contributed by atoms with Crippen LogP contribution in [-0.4, -0.2) is 6.61 Å². The Morgan fingerprint density at radius 1 is 1.03 bits per heavy atom. The van der Waals surface area contributed by atoms with Crippen molar-refractivity contribution in [1.82, 2.24) is 0 Å². The van der Waals surface area contributed by atoms with E-state index < -0.39 is 11.6 Å². The van der Waals surface area contributed by atoms with Crippen LogP contribution in [0.4, 0.5) is 8.78 Å². The lowest BCUT2D eigenvalue weighted by molar-refractivity contribution is 0.116. The van der Waals surface area contributed by atoms with E-state index in [9.17, 15) is 8.78 Å². The highest BCUT2D eigenvalue weighted by Crippen LogP contribution is 2.48. The third-order valence-electron chi connectivity index (χ3n) is 7.33. The summed E-state index contributed by atoms with van der Waals surface area (Å²) in [4.78, 5) is 0. The molecule has 0 aromatic heterocycles. The number of rotatable bonds is 5. The first-order valence-electron chi connectivity index (χ1n) is 11.3. The Labute approximate surface area is 173 Å². The summed E-state index contributed by atoms with van der Waals surface area (Å²) in [5.41, 5.74) is 1.04. The van der Waals surface area contributed by atoms with Crippen LogP contribution in [0.3, 0.4) is 0 Å². The van der Waals surface area contributed by atoms with E-state index in [4.69, 9.17) is 4.74 Å². The van der Waals surface area contributed by atoms with Crippen molar-refractivity contribution in [2.75, 3.05) is 6.61 Å². The summed E-state index contributed by atoms with van der Waals surface area (Å²) in [5.74, 6) is 1.95. The van der Waals surface area contributed by atoms with E-state index in [0.717, 1.165) is 36.2 Å². The number of ether oxygens (including phenoxy) is 1. The molecular formula is C26H32F2O. The van der Waals surface area contributed by atoms with Gasteiger partial charge in [-0.1, -0.05) is 44.1 Å². The third-order valence-corrected chi connectivity index (χ3v) is 7.33. The summed E-state index contributed by atoms with van der Waals surface area (Å²) < 4.78 is 35.2. The standard InChI is InChI=1S/C26H32F2O/c1-3-5-12-29-24-11-10-21-15-22(16-23(27)25(21)26(24)28)20-9-8-18-13-17(4-2)6-7-19(18)14-20/h3,5,10-11,15-20H,4,6-9,12-14H2,1-2H3/b5-3+. The minimum Gasteiger partial charge on any atom is -0.486 e. The van der Waals surface area contributed by atoms with Gasteiger partial charge >= 0.3 is 0 Å². The minimum absolute atomic E-state index is 0.0452. The number of fused-ring (bicyclic) bond motifs is 2. The minimum atomic E-state index is -0.599. The van der Waals surface area contributed by atoms with Crippen LogP contribution in [0, 0.1) is 29.4 Å². The Hall–Kier alpha value is -1.90. The Bertz CT molecular complexity index is 888. The van der Waals surface area contributed by atoms with Crippen molar-refractivity contribution in [3.63, 3.8) is 0 Å². The highest BCUT2D eigenvalue weighted by Gasteiger charge is 2.35. The number of hydrogen-bond acceptors (Lipinski definition) is 1. The molecule has 0 saturated heterocycles. The number of allylic oxidation sites excluding steroid dienone is 1. The van der Waals surface area contributed by atoms with Gasteiger partial charge in [0.25, 0.3) is 0 Å². The molecule has 2 saturated carbocycles. The van der Waals surface area contributed by atoms with Crippen LogP contribution in [-0.2, 0) is 0 Å². The summed E-state index contributed by atoms with van der Waals surface area (Å²) in [6, 6.07) is 6.98. The third kappa shape index (κ3) is 4.20. The van der Waals surface area contributed by atoms with E-state index in [1.807, 2.05) is 19.1 Å². The van der Waals surface area contributed by atoms with Gasteiger partial charge in [-0.25, -0.2) is 8.78 Å². The molecule has 0 amide bonds. The van der Waals surface area contributed by atoms with Gasteiger partial charge in [-0.2, -0.15) is 0 Å². The van der Waals surface area contributed by atoms with Gasteiger partial charge in [0, 0.05) is 0 Å². The van der Waals surface area contributed by atoms with Crippen molar-refractivity contribution >= 4 is 10.8 Å². The van der Waals surface area contributed by atoms with Crippen molar-refractivity contribution in [2.24, 2.45) is 17.8 Å². The molecule has 2 aliphatic carbocycles. The molecule has 2 fully saturated rings. The van der Waals surface area contributed by atoms with Crippen molar-refractivity contribution < 1.29 is 13.5 Å². The Morgan fingerprint density at radius 2 is 1.83 bits per heavy atom. The Balaban J connectivity index is 1.55. The van der Waals surface area contributed by atoms with Gasteiger partial charge in [0.2, 0.25) is 0 Å². The molecule has 0 N–H and O–H groups in total. The lowest BCUT2D eigenvalue weighted by Gasteiger charge is -2.42. The molecule has 0 heterocycles. The van der Waals surface area contributed by atoms with Crippen LogP contribution < -0.4 is 4.74 Å². The molecule has 1 nitrogen and oxygen atoms in total. The van der Waals surface area contributed by atoms with Crippen molar-refractivity contribution in [2.45, 2.75) is 64.7 Å². The first-order valence-corrected chi connectivity index (χ1v) is 11.3. The second-order valence-electron chi connectivity index (χ2n) is 8.98. The highest BCUT2D eigenvalue weighted by atomic mass is 19.1. The summed E-state index contributed by atoms with van der Waals surface area (Å²) in [6.07, 6.45) is 12.5. The quantitative estimate of drug-likeness (QED) is 0.467. The molecule has 0 spiro atoms. The zero-order valence-corrected chi connectivity index (χ0v) is 17.6. The molecular weight excluding hydrogens is 366 g/mol. The molecule has 29 heavy (non-hydrogen) atoms. The second kappa shape index (κ2) is 8.85. The maximum Gasteiger partial charge on any atom is 0.175 e. The molecule has 2 aliphatic rings. The van der Waals surface area contributed by atoms with Crippen LogP contribution in [0.2, 0.25) is 0 Å². The number of halogens is 2. The van der Waals surface area contributed by atoms with E-state index >= 15 is 0 Å². The zero-order chi connectivity index (χ0) is 20.4. The van der Waals surface area contributed by atoms with Gasteiger partial charge in [0.1, 0.15) is 12.4 Å². The monoisotopic (exact) mass is 398 g/mol. The zero-order valence-electron chi connectivity index (χ0n) is 17.6. The molecule has 2 aromatic carbocycles. The van der Waals surface area contributed by atoms with Crippen molar-refractivity contribution in [3.05, 3.63) is 53.6 Å². The second-order valence-corrected chi connectivity index (χ2v) is 8.98. The molecule has 2 aromatic rings. The van der Waals surface area contributed by atoms with Crippen LogP contribution in [0.1, 0.15) is 70.3 Å². The fraction of sp³-hybridized carbons (Fsp3) is 0.538. The molecule has 0 radical (unpaired) electrons. The molecule has 156 valence electrons. The fourth-order valence-electron chi connectivity index (χ4n) is 5.62. The van der Waals surface area contributed by atoms with Crippen LogP contribution in [0.15, 0.2) is 36.4 Å². The van der Waals surface area contributed by atoms with Crippen molar-refractivity contribution in [3.8, 4) is 5.75 Å². The normalized spacial score (nSPS) is 27.3. The topological polar surface area (TPSA) is 9.23 Å². The van der Waals surface area contributed by atoms with Gasteiger partial charge in [0.05, 0.1) is 5.39 Å². The van der Waals surface area contributed by atoms with E-state index in [0.29, 0.717) is 11.3 Å². The largest absolute Gasteiger partial charge is 0.486 e. The first kappa shape index (κ1) is 20.4. The van der Waals surface area contributed by atoms with Crippen LogP contribution >= 0.6 is 0 Å². The van der Waals surface area contributed by atoms with Crippen molar-refractivity contribution in [1.29, 1.82) is 0 Å². The van der Waals surface area contributed by atoms with E-state index in [-0.39, 0.29) is 17.7 Å². The van der Waals surface area contributed by atoms with E-state index in [1.165, 1.54) is 32.1 Å². The Morgan fingerprint density at radius 3 is 2.62 bits per heavy atom. The smallest absolute Gasteiger partial charge is 0.175 e. The van der Waals surface area contributed by atoms with Gasteiger partial charge < -0.3 is 4.74 Å². The molecule has 4 unspecified atom stereocenters. The van der Waals surface area contributed by atoms with E-state index in [1.54, 1.807) is 24.3 Å². The molecule has 4 rings (SSSR count). The maximum atomic E-state index is 15.0. The Kier molecular flexibility index (Phi) is 6.22. The summed E-state index contributed by atoms with van der Waals surface area (Å²) in [6.45, 7) is 4.47. The average Bonchev–Trinajstić information content (AvgIpc) is 2.74. The van der Waals surface area contributed by atoms with Crippen LogP contribution in [0.25, 0.3) is 10.8 Å². The maximum absolute atomic E-state index is 15.0. The molecule has 0 aliphatic heterocycles. The van der Waals surface area contributed by atoms with Gasteiger partial charge in [-0.05, 0) is 85.8 Å². The lowest BCUT2D eigenvalue weighted by atomic mass is 9.63. The summed E-state index contributed by atoms with van der Waals surface area (Å²) in [7, 11) is 0.